The molecule has 1 aromatic heterocycles. The van der Waals surface area contributed by atoms with Gasteiger partial charge in [-0.05, 0) is 6.26 Å². The summed E-state index contributed by atoms with van der Waals surface area (Å²) in [6.45, 7) is -0.0369. The first-order valence-electron chi connectivity index (χ1n) is 3.50. The van der Waals surface area contributed by atoms with Gasteiger partial charge in [0.2, 0.25) is 0 Å². The first-order valence-corrected chi connectivity index (χ1v) is 4.72. The number of thioether (sulfide) groups is 1. The van der Waals surface area contributed by atoms with Crippen molar-refractivity contribution >= 4 is 17.6 Å². The van der Waals surface area contributed by atoms with Gasteiger partial charge < -0.3 is 10.4 Å². The summed E-state index contributed by atoms with van der Waals surface area (Å²) in [4.78, 5) is 8.19. The summed E-state index contributed by atoms with van der Waals surface area (Å²) in [5.74, 6) is 0.692. The van der Waals surface area contributed by atoms with Gasteiger partial charge in [0, 0.05) is 18.8 Å². The largest absolute Gasteiger partial charge is 0.391 e. The Labute approximate surface area is 82.8 Å². The molecule has 13 heavy (non-hydrogen) atoms. The number of rotatable bonds is 3. The topological polar surface area (TPSA) is 58.0 Å². The highest BCUT2D eigenvalue weighted by atomic mass is 32.2. The Balaban J connectivity index is 0.00000144. The zero-order valence-electron chi connectivity index (χ0n) is 7.03. The number of hydrogen-bond acceptors (Lipinski definition) is 5. The highest BCUT2D eigenvalue weighted by Crippen LogP contribution is 2.15. The van der Waals surface area contributed by atoms with Gasteiger partial charge in [0.25, 0.3) is 0 Å². The van der Waals surface area contributed by atoms with Crippen LogP contribution in [0.2, 0.25) is 0 Å². The van der Waals surface area contributed by atoms with Crippen molar-refractivity contribution in [3.05, 3.63) is 11.8 Å². The molecule has 0 saturated heterocycles. The number of anilines is 1. The van der Waals surface area contributed by atoms with Crippen LogP contribution >= 0.6 is 11.8 Å². The van der Waals surface area contributed by atoms with Gasteiger partial charge in [-0.1, -0.05) is 19.2 Å². The molecule has 0 aliphatic carbocycles. The van der Waals surface area contributed by atoms with Crippen LogP contribution in [0.5, 0.6) is 0 Å². The maximum Gasteiger partial charge on any atom is 0.189 e. The summed E-state index contributed by atoms with van der Waals surface area (Å²) in [6, 6.07) is 0. The zero-order valence-corrected chi connectivity index (χ0v) is 7.85. The molecule has 0 unspecified atom stereocenters. The molecule has 1 rings (SSSR count). The number of hydrogen-bond donors (Lipinski definition) is 2. The fraction of sp³-hybridized carbons (Fsp3) is 0.500. The van der Waals surface area contributed by atoms with E-state index in [1.807, 2.05) is 6.26 Å². The Morgan fingerprint density at radius 1 is 1.62 bits per heavy atom. The number of aromatic nitrogens is 2. The van der Waals surface area contributed by atoms with E-state index in [1.54, 1.807) is 13.2 Å². The quantitative estimate of drug-likeness (QED) is 0.571. The van der Waals surface area contributed by atoms with Crippen molar-refractivity contribution < 1.29 is 5.11 Å². The number of aliphatic hydroxyl groups excluding tert-OH is 1. The van der Waals surface area contributed by atoms with Crippen LogP contribution in [0.15, 0.2) is 11.4 Å². The Kier molecular flexibility index (Phi) is 5.41. The molecule has 0 saturated carbocycles. The van der Waals surface area contributed by atoms with Gasteiger partial charge in [0.15, 0.2) is 5.16 Å². The maximum absolute atomic E-state index is 8.89. The minimum Gasteiger partial charge on any atom is -0.391 e. The molecule has 0 spiro atoms. The highest BCUT2D eigenvalue weighted by Gasteiger charge is 2.02. The Morgan fingerprint density at radius 2 is 2.31 bits per heavy atom. The normalized spacial score (nSPS) is 9.15. The number of aliphatic hydroxyl groups is 1. The minimum atomic E-state index is -0.0369. The Morgan fingerprint density at radius 3 is 2.77 bits per heavy atom. The second-order valence-corrected chi connectivity index (χ2v) is 2.91. The van der Waals surface area contributed by atoms with Crippen molar-refractivity contribution in [2.75, 3.05) is 18.6 Å². The summed E-state index contributed by atoms with van der Waals surface area (Å²) in [5.41, 5.74) is 0.718. The van der Waals surface area contributed by atoms with Crippen LogP contribution in [0.25, 0.3) is 0 Å². The smallest absolute Gasteiger partial charge is 0.189 e. The molecular weight excluding hydrogens is 186 g/mol. The molecule has 1 heterocycles. The van der Waals surface area contributed by atoms with Crippen molar-refractivity contribution in [2.24, 2.45) is 0 Å². The Hall–Kier alpha value is -0.810. The summed E-state index contributed by atoms with van der Waals surface area (Å²) in [5, 5.41) is 12.5. The van der Waals surface area contributed by atoms with Crippen LogP contribution in [0.4, 0.5) is 5.82 Å². The first kappa shape index (κ1) is 12.2. The zero-order chi connectivity index (χ0) is 8.97. The molecule has 0 aliphatic heterocycles. The van der Waals surface area contributed by atoms with Gasteiger partial charge in [0.1, 0.15) is 5.82 Å². The average molecular weight is 201 g/mol. The van der Waals surface area contributed by atoms with Crippen LogP contribution in [0, 0.1) is 0 Å². The van der Waals surface area contributed by atoms with E-state index in [0.29, 0.717) is 11.0 Å². The second-order valence-electron chi connectivity index (χ2n) is 2.14. The lowest BCUT2D eigenvalue weighted by atomic mass is 10.3. The summed E-state index contributed by atoms with van der Waals surface area (Å²) >= 11 is 1.47. The Bertz CT molecular complexity index is 268. The van der Waals surface area contributed by atoms with E-state index in [-0.39, 0.29) is 14.0 Å². The van der Waals surface area contributed by atoms with Crippen LogP contribution in [0.1, 0.15) is 13.0 Å². The fourth-order valence-electron chi connectivity index (χ4n) is 0.821. The van der Waals surface area contributed by atoms with Gasteiger partial charge in [-0.2, -0.15) is 0 Å². The standard InChI is InChI=1S/C7H11N3OS.CH4/c1-8-6-5(4-11)3-9-7(10-6)12-2;/h3,11H,4H2,1-2H3,(H,8,9,10);1H4. The predicted molar refractivity (Wildman–Crippen MR) is 56.0 cm³/mol. The van der Waals surface area contributed by atoms with Gasteiger partial charge >= 0.3 is 0 Å². The molecule has 0 aromatic carbocycles. The lowest BCUT2D eigenvalue weighted by Crippen LogP contribution is -2.01. The molecule has 0 aliphatic rings. The van der Waals surface area contributed by atoms with Crippen molar-refractivity contribution in [2.45, 2.75) is 19.2 Å². The fourth-order valence-corrected chi connectivity index (χ4v) is 1.16. The summed E-state index contributed by atoms with van der Waals surface area (Å²) in [6.07, 6.45) is 3.54. The molecule has 1 aromatic rings. The van der Waals surface area contributed by atoms with E-state index in [4.69, 9.17) is 5.11 Å². The third kappa shape index (κ3) is 2.86. The van der Waals surface area contributed by atoms with E-state index in [2.05, 4.69) is 15.3 Å². The molecule has 5 heteroatoms. The van der Waals surface area contributed by atoms with Crippen LogP contribution < -0.4 is 5.32 Å². The summed E-state index contributed by atoms with van der Waals surface area (Å²) < 4.78 is 0. The molecule has 74 valence electrons. The van der Waals surface area contributed by atoms with Crippen molar-refractivity contribution in [3.8, 4) is 0 Å². The lowest BCUT2D eigenvalue weighted by Gasteiger charge is -2.05. The average Bonchev–Trinajstić information content (AvgIpc) is 2.16. The van der Waals surface area contributed by atoms with E-state index in [9.17, 15) is 0 Å². The maximum atomic E-state index is 8.89. The van der Waals surface area contributed by atoms with Crippen LogP contribution in [-0.2, 0) is 6.61 Å². The van der Waals surface area contributed by atoms with E-state index < -0.39 is 0 Å². The SMILES string of the molecule is C.CNc1nc(SC)ncc1CO. The van der Waals surface area contributed by atoms with Crippen molar-refractivity contribution in [1.82, 2.24) is 9.97 Å². The molecule has 4 nitrogen and oxygen atoms in total. The van der Waals surface area contributed by atoms with Gasteiger partial charge in [0.05, 0.1) is 6.61 Å². The highest BCUT2D eigenvalue weighted by molar-refractivity contribution is 7.98. The monoisotopic (exact) mass is 201 g/mol. The number of nitrogens with zero attached hydrogens (tertiary/aromatic N) is 2. The number of nitrogens with one attached hydrogen (secondary N) is 1. The first-order chi connectivity index (χ1) is 5.81. The predicted octanol–water partition coefficient (Wildman–Crippen LogP) is 1.37. The molecule has 2 N–H and O–H groups in total. The lowest BCUT2D eigenvalue weighted by molar-refractivity contribution is 0.281. The van der Waals surface area contributed by atoms with Crippen LogP contribution in [-0.4, -0.2) is 28.4 Å². The second kappa shape index (κ2) is 5.77. The van der Waals surface area contributed by atoms with E-state index in [1.165, 1.54) is 11.8 Å². The van der Waals surface area contributed by atoms with Gasteiger partial charge in [-0.25, -0.2) is 9.97 Å². The van der Waals surface area contributed by atoms with E-state index in [0.717, 1.165) is 5.56 Å². The molecular formula is C8H15N3OS. The van der Waals surface area contributed by atoms with Gasteiger partial charge in [-0.3, -0.25) is 0 Å². The van der Waals surface area contributed by atoms with Gasteiger partial charge in [-0.15, -0.1) is 0 Å². The van der Waals surface area contributed by atoms with E-state index >= 15 is 0 Å². The minimum absolute atomic E-state index is 0. The molecule has 0 bridgehead atoms. The molecule has 0 atom stereocenters. The molecule has 0 fully saturated rings. The third-order valence-corrected chi connectivity index (χ3v) is 1.99. The molecule has 0 radical (unpaired) electrons. The van der Waals surface area contributed by atoms with Crippen molar-refractivity contribution in [1.29, 1.82) is 0 Å². The van der Waals surface area contributed by atoms with Crippen LogP contribution in [0.3, 0.4) is 0 Å². The molecule has 0 amide bonds. The van der Waals surface area contributed by atoms with Crippen molar-refractivity contribution in [3.63, 3.8) is 0 Å². The summed E-state index contributed by atoms with van der Waals surface area (Å²) in [7, 11) is 1.77. The third-order valence-electron chi connectivity index (χ3n) is 1.43.